The maximum absolute atomic E-state index is 14.6. The summed E-state index contributed by atoms with van der Waals surface area (Å²) in [5.41, 5.74) is 1.08. The lowest BCUT2D eigenvalue weighted by Gasteiger charge is -2.23. The summed E-state index contributed by atoms with van der Waals surface area (Å²) in [7, 11) is -0.783. The summed E-state index contributed by atoms with van der Waals surface area (Å²) in [6, 6.07) is 4.82. The van der Waals surface area contributed by atoms with Gasteiger partial charge in [0.05, 0.1) is 18.8 Å². The minimum atomic E-state index is -0.783. The molecule has 2 amide bonds. The van der Waals surface area contributed by atoms with Crippen LogP contribution in [0.5, 0.6) is 0 Å². The average Bonchev–Trinajstić information content (AvgIpc) is 3.44. The molecule has 1 aromatic carbocycles. The molecule has 1 atom stereocenters. The first-order chi connectivity index (χ1) is 13.0. The van der Waals surface area contributed by atoms with E-state index in [0.29, 0.717) is 22.8 Å². The second-order valence-electron chi connectivity index (χ2n) is 7.46. The number of cyclic esters (lactones) is 1. The van der Waals surface area contributed by atoms with Crippen molar-refractivity contribution in [2.24, 2.45) is 5.92 Å². The van der Waals surface area contributed by atoms with E-state index in [4.69, 9.17) is 4.74 Å². The van der Waals surface area contributed by atoms with Crippen LogP contribution in [-0.2, 0) is 20.3 Å². The Labute approximate surface area is 159 Å². The summed E-state index contributed by atoms with van der Waals surface area (Å²) in [4.78, 5) is 25.3. The summed E-state index contributed by atoms with van der Waals surface area (Å²) in [5.74, 6) is 1.07. The Bertz CT molecular complexity index is 773. The fourth-order valence-corrected chi connectivity index (χ4v) is 4.96. The lowest BCUT2D eigenvalue weighted by atomic mass is 9.93. The third-order valence-electron chi connectivity index (χ3n) is 5.45. The lowest BCUT2D eigenvalue weighted by Crippen LogP contribution is -2.35. The van der Waals surface area contributed by atoms with Crippen LogP contribution in [0.25, 0.3) is 0 Å². The maximum atomic E-state index is 14.6. The largest absolute Gasteiger partial charge is 0.442 e. The van der Waals surface area contributed by atoms with Crippen LogP contribution in [0.1, 0.15) is 37.2 Å². The highest BCUT2D eigenvalue weighted by atomic mass is 32.2. The molecule has 0 aromatic heterocycles. The predicted octanol–water partition coefficient (Wildman–Crippen LogP) is 2.30. The van der Waals surface area contributed by atoms with E-state index in [1.165, 1.54) is 11.0 Å². The van der Waals surface area contributed by atoms with Gasteiger partial charge < -0.3 is 10.1 Å². The fourth-order valence-electron chi connectivity index (χ4n) is 3.66. The number of rotatable bonds is 5. The summed E-state index contributed by atoms with van der Waals surface area (Å²) in [5, 5.41) is 2.80. The molecule has 1 saturated carbocycles. The Kier molecular flexibility index (Phi) is 5.16. The fraction of sp³-hybridized carbons (Fsp3) is 0.579. The van der Waals surface area contributed by atoms with Crippen LogP contribution < -0.4 is 10.2 Å². The summed E-state index contributed by atoms with van der Waals surface area (Å²) in [6.45, 7) is 0.558. The molecule has 2 heterocycles. The molecular formula is C19H23FN2O4S. The van der Waals surface area contributed by atoms with Crippen molar-refractivity contribution in [2.45, 2.75) is 37.7 Å². The number of carbonyl (C=O) groups excluding carboxylic acids is 2. The van der Waals surface area contributed by atoms with Gasteiger partial charge in [-0.1, -0.05) is 6.07 Å². The monoisotopic (exact) mass is 394 g/mol. The second kappa shape index (κ2) is 7.58. The van der Waals surface area contributed by atoms with Gasteiger partial charge >= 0.3 is 6.09 Å². The Morgan fingerprint density at radius 3 is 2.67 bits per heavy atom. The Hall–Kier alpha value is -1.96. The Morgan fingerprint density at radius 1 is 1.26 bits per heavy atom. The molecule has 3 aliphatic rings. The van der Waals surface area contributed by atoms with Crippen molar-refractivity contribution in [3.05, 3.63) is 29.6 Å². The standard InChI is InChI=1S/C19H23FN2O4S/c20-17-9-14(3-4-16(17)12-5-7-27(25)8-6-12)22-11-15(26-19(22)24)10-21-18(23)13-1-2-13/h3-4,9,12-13,15H,1-2,5-8,10-11H2,(H,21,23). The molecule has 1 unspecified atom stereocenters. The van der Waals surface area contributed by atoms with E-state index >= 15 is 0 Å². The SMILES string of the molecule is O=C(NCC1CN(c2ccc(C3CCS(=O)CC3)c(F)c2)C(=O)O1)C1CC1. The molecule has 6 nitrogen and oxygen atoms in total. The van der Waals surface area contributed by atoms with E-state index in [0.717, 1.165) is 25.7 Å². The van der Waals surface area contributed by atoms with E-state index < -0.39 is 23.0 Å². The number of nitrogens with zero attached hydrogens (tertiary/aromatic N) is 1. The van der Waals surface area contributed by atoms with Crippen LogP contribution in [0, 0.1) is 11.7 Å². The topological polar surface area (TPSA) is 75.7 Å². The van der Waals surface area contributed by atoms with Gasteiger partial charge in [-0.3, -0.25) is 13.9 Å². The molecular weight excluding hydrogens is 371 g/mol. The number of ether oxygens (including phenoxy) is 1. The zero-order chi connectivity index (χ0) is 19.0. The van der Waals surface area contributed by atoms with Crippen molar-refractivity contribution < 1.29 is 22.9 Å². The van der Waals surface area contributed by atoms with Crippen molar-refractivity contribution in [2.75, 3.05) is 29.5 Å². The average molecular weight is 394 g/mol. The van der Waals surface area contributed by atoms with Crippen LogP contribution in [-0.4, -0.2) is 46.9 Å². The number of halogens is 1. The number of nitrogens with one attached hydrogen (secondary N) is 1. The first-order valence-electron chi connectivity index (χ1n) is 9.41. The van der Waals surface area contributed by atoms with E-state index in [2.05, 4.69) is 5.32 Å². The Morgan fingerprint density at radius 2 is 2.00 bits per heavy atom. The number of carbonyl (C=O) groups is 2. The van der Waals surface area contributed by atoms with E-state index in [9.17, 15) is 18.2 Å². The van der Waals surface area contributed by atoms with Gasteiger partial charge in [0.15, 0.2) is 0 Å². The van der Waals surface area contributed by atoms with Crippen molar-refractivity contribution in [1.82, 2.24) is 5.32 Å². The molecule has 4 rings (SSSR count). The first-order valence-corrected chi connectivity index (χ1v) is 10.9. The van der Waals surface area contributed by atoms with E-state index in [-0.39, 0.29) is 36.6 Å². The van der Waals surface area contributed by atoms with Crippen LogP contribution in [0.15, 0.2) is 18.2 Å². The van der Waals surface area contributed by atoms with Gasteiger partial charge in [0.2, 0.25) is 5.91 Å². The van der Waals surface area contributed by atoms with Gasteiger partial charge in [0.25, 0.3) is 0 Å². The van der Waals surface area contributed by atoms with Crippen molar-refractivity contribution in [3.63, 3.8) is 0 Å². The molecule has 8 heteroatoms. The van der Waals surface area contributed by atoms with Gasteiger partial charge in [0, 0.05) is 28.2 Å². The predicted molar refractivity (Wildman–Crippen MR) is 99.6 cm³/mol. The first kappa shape index (κ1) is 18.4. The smallest absolute Gasteiger partial charge is 0.414 e. The minimum Gasteiger partial charge on any atom is -0.442 e. The van der Waals surface area contributed by atoms with Crippen molar-refractivity contribution in [3.8, 4) is 0 Å². The molecule has 1 aliphatic carbocycles. The molecule has 1 N–H and O–H groups in total. The number of hydrogen-bond acceptors (Lipinski definition) is 4. The highest BCUT2D eigenvalue weighted by molar-refractivity contribution is 7.85. The quantitative estimate of drug-likeness (QED) is 0.832. The van der Waals surface area contributed by atoms with Crippen LogP contribution in [0.2, 0.25) is 0 Å². The molecule has 27 heavy (non-hydrogen) atoms. The normalized spacial score (nSPS) is 28.1. The highest BCUT2D eigenvalue weighted by Gasteiger charge is 2.35. The molecule has 146 valence electrons. The van der Waals surface area contributed by atoms with E-state index in [1.54, 1.807) is 12.1 Å². The maximum Gasteiger partial charge on any atom is 0.414 e. The number of benzene rings is 1. The van der Waals surface area contributed by atoms with Gasteiger partial charge in [-0.15, -0.1) is 0 Å². The zero-order valence-corrected chi connectivity index (χ0v) is 15.8. The van der Waals surface area contributed by atoms with Gasteiger partial charge in [-0.2, -0.15) is 0 Å². The lowest BCUT2D eigenvalue weighted by molar-refractivity contribution is -0.122. The minimum absolute atomic E-state index is 0.00769. The molecule has 2 saturated heterocycles. The van der Waals surface area contributed by atoms with Gasteiger partial charge in [-0.05, 0) is 49.3 Å². The Balaban J connectivity index is 1.39. The van der Waals surface area contributed by atoms with E-state index in [1.807, 2.05) is 0 Å². The molecule has 1 aromatic rings. The third-order valence-corrected chi connectivity index (χ3v) is 6.83. The summed E-state index contributed by atoms with van der Waals surface area (Å²) in [6.07, 6.45) is 2.32. The van der Waals surface area contributed by atoms with Gasteiger partial charge in [0.1, 0.15) is 11.9 Å². The number of anilines is 1. The molecule has 0 bridgehead atoms. The third kappa shape index (κ3) is 4.15. The summed E-state index contributed by atoms with van der Waals surface area (Å²) < 4.78 is 31.4. The highest BCUT2D eigenvalue weighted by Crippen LogP contribution is 2.33. The second-order valence-corrected chi connectivity index (χ2v) is 9.16. The molecule has 3 fully saturated rings. The number of hydrogen-bond donors (Lipinski definition) is 1. The van der Waals surface area contributed by atoms with Gasteiger partial charge in [-0.25, -0.2) is 9.18 Å². The van der Waals surface area contributed by atoms with Crippen molar-refractivity contribution in [1.29, 1.82) is 0 Å². The summed E-state index contributed by atoms with van der Waals surface area (Å²) >= 11 is 0. The van der Waals surface area contributed by atoms with Crippen molar-refractivity contribution >= 4 is 28.5 Å². The van der Waals surface area contributed by atoms with Crippen LogP contribution >= 0.6 is 0 Å². The van der Waals surface area contributed by atoms with Crippen LogP contribution in [0.3, 0.4) is 0 Å². The van der Waals surface area contributed by atoms with Crippen LogP contribution in [0.4, 0.5) is 14.9 Å². The molecule has 2 aliphatic heterocycles. The molecule has 0 spiro atoms. The molecule has 0 radical (unpaired) electrons. The zero-order valence-electron chi connectivity index (χ0n) is 15.0. The number of amides is 2.